The van der Waals surface area contributed by atoms with Gasteiger partial charge in [-0.1, -0.05) is 31.9 Å². The number of nitrogens with one attached hydrogen (secondary N) is 1. The minimum Gasteiger partial charge on any atom is -0.481 e. The van der Waals surface area contributed by atoms with Gasteiger partial charge in [0.15, 0.2) is 6.61 Å². The number of benzene rings is 1. The smallest absolute Gasteiger partial charge is 0.328 e. The molecule has 0 bridgehead atoms. The van der Waals surface area contributed by atoms with Crippen molar-refractivity contribution in [2.45, 2.75) is 26.3 Å². The maximum absolute atomic E-state index is 12.2. The summed E-state index contributed by atoms with van der Waals surface area (Å²) in [6, 6.07) is 6.25. The first-order chi connectivity index (χ1) is 12.0. The Morgan fingerprint density at radius 3 is 2.76 bits per heavy atom. The van der Waals surface area contributed by atoms with Crippen LogP contribution in [0.3, 0.4) is 0 Å². The summed E-state index contributed by atoms with van der Waals surface area (Å²) in [6.07, 6.45) is 2.36. The molecule has 0 aliphatic carbocycles. The monoisotopic (exact) mass is 364 g/mol. The van der Waals surface area contributed by atoms with Gasteiger partial charge in [-0.3, -0.25) is 9.78 Å². The van der Waals surface area contributed by atoms with E-state index in [2.05, 4.69) is 10.3 Å². The molecule has 0 spiro atoms. The average molecular weight is 365 g/mol. The SMILES string of the molecule is CC[C@@H](C)[C@H](NC(=O)COc1ccc(Cl)c2cccnc12)C(=O)OC. The predicted molar refractivity (Wildman–Crippen MR) is 95.6 cm³/mol. The lowest BCUT2D eigenvalue weighted by atomic mass is 9.99. The van der Waals surface area contributed by atoms with Gasteiger partial charge in [0, 0.05) is 11.6 Å². The molecule has 0 radical (unpaired) electrons. The Kier molecular flexibility index (Phi) is 6.58. The van der Waals surface area contributed by atoms with Gasteiger partial charge >= 0.3 is 5.97 Å². The van der Waals surface area contributed by atoms with Crippen LogP contribution in [-0.2, 0) is 14.3 Å². The molecular formula is C18H21ClN2O4. The molecule has 6 nitrogen and oxygen atoms in total. The van der Waals surface area contributed by atoms with Crippen molar-refractivity contribution in [3.8, 4) is 5.75 Å². The Morgan fingerprint density at radius 2 is 2.08 bits per heavy atom. The van der Waals surface area contributed by atoms with E-state index in [1.54, 1.807) is 24.4 Å². The molecule has 0 aliphatic rings. The van der Waals surface area contributed by atoms with Crippen LogP contribution in [0.4, 0.5) is 0 Å². The number of fused-ring (bicyclic) bond motifs is 1. The fraction of sp³-hybridized carbons (Fsp3) is 0.389. The van der Waals surface area contributed by atoms with E-state index in [1.165, 1.54) is 7.11 Å². The second-order valence-electron chi connectivity index (χ2n) is 5.69. The molecule has 1 heterocycles. The number of carbonyl (C=O) groups is 2. The number of halogens is 1. The van der Waals surface area contributed by atoms with E-state index in [-0.39, 0.29) is 12.5 Å². The number of hydrogen-bond donors (Lipinski definition) is 1. The molecule has 0 fully saturated rings. The van der Waals surface area contributed by atoms with E-state index >= 15 is 0 Å². The Hall–Kier alpha value is -2.34. The number of hydrogen-bond acceptors (Lipinski definition) is 5. The third-order valence-corrected chi connectivity index (χ3v) is 4.35. The molecule has 25 heavy (non-hydrogen) atoms. The van der Waals surface area contributed by atoms with E-state index in [9.17, 15) is 9.59 Å². The molecule has 0 aliphatic heterocycles. The summed E-state index contributed by atoms with van der Waals surface area (Å²) < 4.78 is 10.3. The molecule has 2 rings (SSSR count). The number of methoxy groups -OCH3 is 1. The summed E-state index contributed by atoms with van der Waals surface area (Å²) in [5.74, 6) is -0.473. The van der Waals surface area contributed by atoms with E-state index in [0.29, 0.717) is 16.3 Å². The second kappa shape index (κ2) is 8.67. The second-order valence-corrected chi connectivity index (χ2v) is 6.09. The van der Waals surface area contributed by atoms with Gasteiger partial charge in [-0.2, -0.15) is 0 Å². The zero-order chi connectivity index (χ0) is 18.4. The zero-order valence-corrected chi connectivity index (χ0v) is 15.2. The van der Waals surface area contributed by atoms with Crippen LogP contribution >= 0.6 is 11.6 Å². The number of carbonyl (C=O) groups excluding carboxylic acids is 2. The highest BCUT2D eigenvalue weighted by Crippen LogP contribution is 2.29. The lowest BCUT2D eigenvalue weighted by Gasteiger charge is -2.21. The highest BCUT2D eigenvalue weighted by molar-refractivity contribution is 6.35. The summed E-state index contributed by atoms with van der Waals surface area (Å²) in [5.41, 5.74) is 0.578. The Balaban J connectivity index is 2.07. The van der Waals surface area contributed by atoms with E-state index < -0.39 is 17.9 Å². The molecule has 1 aromatic heterocycles. The largest absolute Gasteiger partial charge is 0.481 e. The third kappa shape index (κ3) is 4.60. The van der Waals surface area contributed by atoms with Gasteiger partial charge in [0.2, 0.25) is 0 Å². The number of nitrogens with zero attached hydrogens (tertiary/aromatic N) is 1. The quantitative estimate of drug-likeness (QED) is 0.764. The molecule has 0 saturated heterocycles. The summed E-state index contributed by atoms with van der Waals surface area (Å²) in [5, 5.41) is 3.97. The zero-order valence-electron chi connectivity index (χ0n) is 14.4. The van der Waals surface area contributed by atoms with Gasteiger partial charge in [-0.05, 0) is 30.2 Å². The number of aromatic nitrogens is 1. The maximum atomic E-state index is 12.2. The van der Waals surface area contributed by atoms with Crippen LogP contribution in [0.25, 0.3) is 10.9 Å². The van der Waals surface area contributed by atoms with Crippen LogP contribution < -0.4 is 10.1 Å². The molecule has 2 atom stereocenters. The van der Waals surface area contributed by atoms with Crippen molar-refractivity contribution < 1.29 is 19.1 Å². The number of pyridine rings is 1. The fourth-order valence-corrected chi connectivity index (χ4v) is 2.60. The summed E-state index contributed by atoms with van der Waals surface area (Å²) >= 11 is 6.14. The highest BCUT2D eigenvalue weighted by Gasteiger charge is 2.26. The summed E-state index contributed by atoms with van der Waals surface area (Å²) in [6.45, 7) is 3.57. The Labute approximate surface area is 151 Å². The molecule has 0 unspecified atom stereocenters. The number of esters is 1. The molecule has 1 aromatic carbocycles. The lowest BCUT2D eigenvalue weighted by molar-refractivity contribution is -0.146. The number of rotatable bonds is 7. The van der Waals surface area contributed by atoms with E-state index in [1.807, 2.05) is 19.9 Å². The van der Waals surface area contributed by atoms with Crippen LogP contribution in [0, 0.1) is 5.92 Å². The van der Waals surface area contributed by atoms with Gasteiger partial charge in [0.25, 0.3) is 5.91 Å². The predicted octanol–water partition coefficient (Wildman–Crippen LogP) is 2.97. The van der Waals surface area contributed by atoms with Gasteiger partial charge < -0.3 is 14.8 Å². The number of ether oxygens (including phenoxy) is 2. The first-order valence-corrected chi connectivity index (χ1v) is 8.39. The average Bonchev–Trinajstić information content (AvgIpc) is 2.64. The highest BCUT2D eigenvalue weighted by atomic mass is 35.5. The lowest BCUT2D eigenvalue weighted by Crippen LogP contribution is -2.47. The normalized spacial score (nSPS) is 13.1. The van der Waals surface area contributed by atoms with Crippen LogP contribution in [0.2, 0.25) is 5.02 Å². The van der Waals surface area contributed by atoms with Gasteiger partial charge in [-0.25, -0.2) is 4.79 Å². The topological polar surface area (TPSA) is 77.5 Å². The van der Waals surface area contributed by atoms with E-state index in [0.717, 1.165) is 11.8 Å². The molecule has 0 saturated carbocycles. The molecule has 1 amide bonds. The van der Waals surface area contributed by atoms with Crippen molar-refractivity contribution in [2.75, 3.05) is 13.7 Å². The van der Waals surface area contributed by atoms with Gasteiger partial charge in [-0.15, -0.1) is 0 Å². The molecular weight excluding hydrogens is 344 g/mol. The van der Waals surface area contributed by atoms with Crippen LogP contribution in [0.1, 0.15) is 20.3 Å². The van der Waals surface area contributed by atoms with Gasteiger partial charge in [0.1, 0.15) is 17.3 Å². The number of amides is 1. The first-order valence-electron chi connectivity index (χ1n) is 8.01. The first kappa shape index (κ1) is 19.0. The summed E-state index contributed by atoms with van der Waals surface area (Å²) in [7, 11) is 1.30. The molecule has 1 N–H and O–H groups in total. The van der Waals surface area contributed by atoms with Crippen LogP contribution in [0.15, 0.2) is 30.5 Å². The van der Waals surface area contributed by atoms with Crippen molar-refractivity contribution in [1.29, 1.82) is 0 Å². The van der Waals surface area contributed by atoms with Crippen molar-refractivity contribution >= 4 is 34.4 Å². The van der Waals surface area contributed by atoms with E-state index in [4.69, 9.17) is 21.1 Å². The molecule has 7 heteroatoms. The Morgan fingerprint density at radius 1 is 1.32 bits per heavy atom. The third-order valence-electron chi connectivity index (χ3n) is 4.02. The van der Waals surface area contributed by atoms with Crippen molar-refractivity contribution in [2.24, 2.45) is 5.92 Å². The Bertz CT molecular complexity index is 766. The maximum Gasteiger partial charge on any atom is 0.328 e. The molecule has 134 valence electrons. The standard InChI is InChI=1S/C18H21ClN2O4/c1-4-11(2)16(18(23)24-3)21-15(22)10-25-14-8-7-13(19)12-6-5-9-20-17(12)14/h5-9,11,16H,4,10H2,1-3H3,(H,21,22)/t11-,16+/m1/s1. The van der Waals surface area contributed by atoms with Crippen molar-refractivity contribution in [3.05, 3.63) is 35.5 Å². The van der Waals surface area contributed by atoms with Crippen molar-refractivity contribution in [1.82, 2.24) is 10.3 Å². The van der Waals surface area contributed by atoms with Crippen LogP contribution in [0.5, 0.6) is 5.75 Å². The minimum atomic E-state index is -0.703. The molecule has 2 aromatic rings. The minimum absolute atomic E-state index is 0.0468. The van der Waals surface area contributed by atoms with Crippen molar-refractivity contribution in [3.63, 3.8) is 0 Å². The van der Waals surface area contributed by atoms with Crippen LogP contribution in [-0.4, -0.2) is 36.6 Å². The fourth-order valence-electron chi connectivity index (χ4n) is 2.38. The van der Waals surface area contributed by atoms with Gasteiger partial charge in [0.05, 0.1) is 12.1 Å². The summed E-state index contributed by atoms with van der Waals surface area (Å²) in [4.78, 5) is 28.3.